The van der Waals surface area contributed by atoms with E-state index in [1.807, 2.05) is 0 Å². The first-order chi connectivity index (χ1) is 5.84. The van der Waals surface area contributed by atoms with Gasteiger partial charge in [-0.15, -0.1) is 11.8 Å². The molecule has 1 heterocycles. The third-order valence-corrected chi connectivity index (χ3v) is 3.65. The molecule has 1 N–H and O–H groups in total. The van der Waals surface area contributed by atoms with Gasteiger partial charge in [0.05, 0.1) is 5.37 Å². The molecule has 1 unspecified atom stereocenters. The number of nitrogens with one attached hydrogen (secondary N) is 1. The van der Waals surface area contributed by atoms with Crippen LogP contribution in [0.25, 0.3) is 0 Å². The van der Waals surface area contributed by atoms with Crippen LogP contribution in [0.2, 0.25) is 0 Å². The van der Waals surface area contributed by atoms with E-state index in [1.165, 1.54) is 25.3 Å². The minimum absolute atomic E-state index is 0.715. The molecule has 0 bridgehead atoms. The van der Waals surface area contributed by atoms with E-state index in [0.29, 0.717) is 5.37 Å². The molecular formula is C9H20N2S. The Morgan fingerprint density at radius 2 is 2.08 bits per heavy atom. The molecule has 1 fully saturated rings. The summed E-state index contributed by atoms with van der Waals surface area (Å²) in [7, 11) is 0. The zero-order valence-electron chi connectivity index (χ0n) is 8.18. The Kier molecular flexibility index (Phi) is 5.04. The quantitative estimate of drug-likeness (QED) is 0.717. The van der Waals surface area contributed by atoms with Crippen LogP contribution in [0.4, 0.5) is 0 Å². The fourth-order valence-corrected chi connectivity index (χ4v) is 2.44. The summed E-state index contributed by atoms with van der Waals surface area (Å²) in [6, 6.07) is 0. The maximum Gasteiger partial charge on any atom is 0.0529 e. The second-order valence-corrected chi connectivity index (χ2v) is 4.68. The van der Waals surface area contributed by atoms with Crippen molar-refractivity contribution in [1.29, 1.82) is 0 Å². The molecule has 0 saturated carbocycles. The molecule has 0 amide bonds. The molecule has 0 aliphatic carbocycles. The lowest BCUT2D eigenvalue weighted by atomic mass is 10.4. The SMILES string of the molecule is CCCSC(C)N1CCNCC1. The number of thioether (sulfide) groups is 1. The predicted octanol–water partition coefficient (Wildman–Crippen LogP) is 1.38. The molecule has 1 atom stereocenters. The van der Waals surface area contributed by atoms with E-state index in [2.05, 4.69) is 35.8 Å². The second-order valence-electron chi connectivity index (χ2n) is 3.26. The highest BCUT2D eigenvalue weighted by atomic mass is 32.2. The molecule has 72 valence electrons. The fourth-order valence-electron chi connectivity index (χ4n) is 1.44. The van der Waals surface area contributed by atoms with Gasteiger partial charge in [-0.3, -0.25) is 4.90 Å². The van der Waals surface area contributed by atoms with Crippen LogP contribution in [0.3, 0.4) is 0 Å². The van der Waals surface area contributed by atoms with Crippen molar-refractivity contribution in [2.24, 2.45) is 0 Å². The lowest BCUT2D eigenvalue weighted by Gasteiger charge is -2.32. The van der Waals surface area contributed by atoms with E-state index in [-0.39, 0.29) is 0 Å². The number of rotatable bonds is 4. The van der Waals surface area contributed by atoms with Crippen molar-refractivity contribution in [2.75, 3.05) is 31.9 Å². The Bertz CT molecular complexity index is 113. The van der Waals surface area contributed by atoms with E-state index >= 15 is 0 Å². The van der Waals surface area contributed by atoms with Crippen molar-refractivity contribution in [3.63, 3.8) is 0 Å². The largest absolute Gasteiger partial charge is 0.314 e. The van der Waals surface area contributed by atoms with Gasteiger partial charge < -0.3 is 5.32 Å². The Morgan fingerprint density at radius 1 is 1.42 bits per heavy atom. The minimum atomic E-state index is 0.715. The molecule has 1 saturated heterocycles. The Morgan fingerprint density at radius 3 is 2.67 bits per heavy atom. The average Bonchev–Trinajstić information content (AvgIpc) is 2.15. The van der Waals surface area contributed by atoms with E-state index < -0.39 is 0 Å². The number of hydrogen-bond acceptors (Lipinski definition) is 3. The normalized spacial score (nSPS) is 22.5. The second kappa shape index (κ2) is 5.84. The van der Waals surface area contributed by atoms with Crippen LogP contribution < -0.4 is 5.32 Å². The highest BCUT2D eigenvalue weighted by Crippen LogP contribution is 2.16. The predicted molar refractivity (Wildman–Crippen MR) is 56.7 cm³/mol. The molecule has 0 aromatic rings. The summed E-state index contributed by atoms with van der Waals surface area (Å²) in [4.78, 5) is 2.57. The van der Waals surface area contributed by atoms with Gasteiger partial charge in [0.15, 0.2) is 0 Å². The first-order valence-corrected chi connectivity index (χ1v) is 5.96. The van der Waals surface area contributed by atoms with Gasteiger partial charge in [0.1, 0.15) is 0 Å². The maximum atomic E-state index is 3.37. The lowest BCUT2D eigenvalue weighted by molar-refractivity contribution is 0.234. The summed E-state index contributed by atoms with van der Waals surface area (Å²) in [6.07, 6.45) is 1.29. The van der Waals surface area contributed by atoms with Gasteiger partial charge in [0, 0.05) is 26.2 Å². The van der Waals surface area contributed by atoms with Crippen LogP contribution in [-0.4, -0.2) is 42.2 Å². The third kappa shape index (κ3) is 3.33. The van der Waals surface area contributed by atoms with Crippen LogP contribution in [0.5, 0.6) is 0 Å². The van der Waals surface area contributed by atoms with E-state index in [9.17, 15) is 0 Å². The first-order valence-electron chi connectivity index (χ1n) is 4.91. The molecule has 0 aromatic carbocycles. The lowest BCUT2D eigenvalue weighted by Crippen LogP contribution is -2.46. The van der Waals surface area contributed by atoms with Crippen LogP contribution in [0, 0.1) is 0 Å². The first kappa shape index (κ1) is 10.4. The third-order valence-electron chi connectivity index (χ3n) is 2.23. The number of hydrogen-bond donors (Lipinski definition) is 1. The molecule has 1 rings (SSSR count). The molecule has 1 aliphatic rings. The minimum Gasteiger partial charge on any atom is -0.314 e. The van der Waals surface area contributed by atoms with E-state index in [1.54, 1.807) is 0 Å². The van der Waals surface area contributed by atoms with Crippen LogP contribution in [0.15, 0.2) is 0 Å². The van der Waals surface area contributed by atoms with Crippen molar-refractivity contribution in [1.82, 2.24) is 10.2 Å². The van der Waals surface area contributed by atoms with Crippen molar-refractivity contribution in [3.05, 3.63) is 0 Å². The molecule has 1 aliphatic heterocycles. The van der Waals surface area contributed by atoms with E-state index in [0.717, 1.165) is 13.1 Å². The molecule has 0 spiro atoms. The van der Waals surface area contributed by atoms with Crippen molar-refractivity contribution in [2.45, 2.75) is 25.6 Å². The highest BCUT2D eigenvalue weighted by molar-refractivity contribution is 7.99. The molecule has 0 aromatic heterocycles. The average molecular weight is 188 g/mol. The molecule has 0 radical (unpaired) electrons. The van der Waals surface area contributed by atoms with Gasteiger partial charge in [-0.05, 0) is 19.1 Å². The highest BCUT2D eigenvalue weighted by Gasteiger charge is 2.15. The summed E-state index contributed by atoms with van der Waals surface area (Å²) >= 11 is 2.08. The summed E-state index contributed by atoms with van der Waals surface area (Å²) < 4.78 is 0. The van der Waals surface area contributed by atoms with Crippen LogP contribution in [0.1, 0.15) is 20.3 Å². The summed E-state index contributed by atoms with van der Waals surface area (Å²) in [6.45, 7) is 9.34. The van der Waals surface area contributed by atoms with Gasteiger partial charge in [-0.2, -0.15) is 0 Å². The zero-order valence-corrected chi connectivity index (χ0v) is 8.99. The number of nitrogens with zero attached hydrogens (tertiary/aromatic N) is 1. The molecule has 12 heavy (non-hydrogen) atoms. The summed E-state index contributed by atoms with van der Waals surface area (Å²) in [5.41, 5.74) is 0. The number of piperazine rings is 1. The van der Waals surface area contributed by atoms with Gasteiger partial charge >= 0.3 is 0 Å². The monoisotopic (exact) mass is 188 g/mol. The van der Waals surface area contributed by atoms with Gasteiger partial charge in [-0.1, -0.05) is 6.92 Å². The van der Waals surface area contributed by atoms with E-state index in [4.69, 9.17) is 0 Å². The van der Waals surface area contributed by atoms with Crippen molar-refractivity contribution in [3.8, 4) is 0 Å². The van der Waals surface area contributed by atoms with Crippen molar-refractivity contribution >= 4 is 11.8 Å². The standard InChI is InChI=1S/C9H20N2S/c1-3-8-12-9(2)11-6-4-10-5-7-11/h9-10H,3-8H2,1-2H3. The van der Waals surface area contributed by atoms with Crippen LogP contribution >= 0.6 is 11.8 Å². The van der Waals surface area contributed by atoms with Crippen LogP contribution in [-0.2, 0) is 0 Å². The van der Waals surface area contributed by atoms with Crippen molar-refractivity contribution < 1.29 is 0 Å². The molecular weight excluding hydrogens is 168 g/mol. The topological polar surface area (TPSA) is 15.3 Å². The molecule has 3 heteroatoms. The van der Waals surface area contributed by atoms with Gasteiger partial charge in [0.2, 0.25) is 0 Å². The van der Waals surface area contributed by atoms with Gasteiger partial charge in [0.25, 0.3) is 0 Å². The summed E-state index contributed by atoms with van der Waals surface area (Å²) in [5.74, 6) is 1.30. The summed E-state index contributed by atoms with van der Waals surface area (Å²) in [5, 5.41) is 4.09. The Labute approximate surface area is 80.1 Å². The zero-order chi connectivity index (χ0) is 8.81. The Balaban J connectivity index is 2.15. The maximum absolute atomic E-state index is 3.37. The Hall–Kier alpha value is 0.270. The fraction of sp³-hybridized carbons (Fsp3) is 1.00. The van der Waals surface area contributed by atoms with Gasteiger partial charge in [-0.25, -0.2) is 0 Å². The smallest absolute Gasteiger partial charge is 0.0529 e. The molecule has 2 nitrogen and oxygen atoms in total.